The van der Waals surface area contributed by atoms with E-state index in [4.69, 9.17) is 9.52 Å². The van der Waals surface area contributed by atoms with E-state index in [9.17, 15) is 9.59 Å². The van der Waals surface area contributed by atoms with Gasteiger partial charge in [0.05, 0.1) is 16.8 Å². The smallest absolute Gasteiger partial charge is 0.266 e. The predicted octanol–water partition coefficient (Wildman–Crippen LogP) is 3.24. The second-order valence-electron chi connectivity index (χ2n) is 5.46. The minimum Gasteiger partial charge on any atom is -0.459 e. The van der Waals surface area contributed by atoms with E-state index < -0.39 is 0 Å². The molecule has 0 unspecified atom stereocenters. The van der Waals surface area contributed by atoms with Crippen molar-refractivity contribution < 1.29 is 19.1 Å². The molecule has 4 rings (SSSR count). The lowest BCUT2D eigenvalue weighted by atomic mass is 10.1. The van der Waals surface area contributed by atoms with E-state index >= 15 is 0 Å². The maximum Gasteiger partial charge on any atom is 0.266 e. The number of hydrogen-bond donors (Lipinski definition) is 1. The van der Waals surface area contributed by atoms with Crippen molar-refractivity contribution in [3.05, 3.63) is 77.6 Å². The Labute approximate surface area is 137 Å². The molecule has 2 heterocycles. The Balaban J connectivity index is 1.67. The van der Waals surface area contributed by atoms with Crippen molar-refractivity contribution in [1.82, 2.24) is 0 Å². The predicted molar refractivity (Wildman–Crippen MR) is 87.6 cm³/mol. The van der Waals surface area contributed by atoms with Crippen LogP contribution in [0.5, 0.6) is 0 Å². The molecule has 0 saturated heterocycles. The summed E-state index contributed by atoms with van der Waals surface area (Å²) in [5.41, 5.74) is 2.16. The summed E-state index contributed by atoms with van der Waals surface area (Å²) in [5.74, 6) is 0.468. The molecule has 1 N–H and O–H groups in total. The first-order chi connectivity index (χ1) is 11.7. The summed E-state index contributed by atoms with van der Waals surface area (Å²) < 4.78 is 5.48. The molecular formula is C19H13NO4. The third-order valence-electron chi connectivity index (χ3n) is 4.02. The van der Waals surface area contributed by atoms with Crippen molar-refractivity contribution >= 4 is 17.5 Å². The van der Waals surface area contributed by atoms with Gasteiger partial charge in [0, 0.05) is 5.56 Å². The quantitative estimate of drug-likeness (QED) is 0.752. The number of nitrogens with zero attached hydrogens (tertiary/aromatic N) is 1. The fourth-order valence-electron chi connectivity index (χ4n) is 2.82. The zero-order valence-corrected chi connectivity index (χ0v) is 12.6. The number of aliphatic hydroxyl groups is 1. The molecule has 0 aliphatic carbocycles. The van der Waals surface area contributed by atoms with E-state index in [2.05, 4.69) is 0 Å². The molecule has 0 spiro atoms. The number of hydrogen-bond acceptors (Lipinski definition) is 4. The van der Waals surface area contributed by atoms with Crippen LogP contribution in [0.2, 0.25) is 0 Å². The molecule has 1 aliphatic heterocycles. The Morgan fingerprint density at radius 3 is 2.00 bits per heavy atom. The fraction of sp³-hybridized carbons (Fsp3) is 0.0526. The number of aliphatic hydroxyl groups excluding tert-OH is 1. The summed E-state index contributed by atoms with van der Waals surface area (Å²) in [5, 5.41) is 9.05. The Bertz CT molecular complexity index is 905. The molecule has 0 atom stereocenters. The van der Waals surface area contributed by atoms with Gasteiger partial charge in [0.1, 0.15) is 18.1 Å². The van der Waals surface area contributed by atoms with Gasteiger partial charge in [-0.2, -0.15) is 0 Å². The van der Waals surface area contributed by atoms with E-state index in [1.165, 1.54) is 4.90 Å². The summed E-state index contributed by atoms with van der Waals surface area (Å²) in [7, 11) is 0. The lowest BCUT2D eigenvalue weighted by molar-refractivity contribution is 0.0926. The highest BCUT2D eigenvalue weighted by atomic mass is 16.4. The van der Waals surface area contributed by atoms with Crippen molar-refractivity contribution in [3.63, 3.8) is 0 Å². The van der Waals surface area contributed by atoms with Crippen LogP contribution in [0.15, 0.2) is 65.1 Å². The highest BCUT2D eigenvalue weighted by Crippen LogP contribution is 2.30. The van der Waals surface area contributed by atoms with Crippen molar-refractivity contribution in [2.24, 2.45) is 0 Å². The van der Waals surface area contributed by atoms with Crippen LogP contribution in [0.1, 0.15) is 26.5 Å². The molecule has 0 radical (unpaired) electrons. The molecule has 5 heteroatoms. The normalized spacial score (nSPS) is 13.5. The van der Waals surface area contributed by atoms with Crippen LogP contribution in [0.4, 0.5) is 5.69 Å². The lowest BCUT2D eigenvalue weighted by Gasteiger charge is -2.14. The molecule has 0 saturated carbocycles. The third-order valence-corrected chi connectivity index (χ3v) is 4.02. The molecule has 1 aromatic heterocycles. The maximum absolute atomic E-state index is 12.5. The van der Waals surface area contributed by atoms with Gasteiger partial charge in [0.25, 0.3) is 11.8 Å². The summed E-state index contributed by atoms with van der Waals surface area (Å²) in [4.78, 5) is 26.1. The molecule has 24 heavy (non-hydrogen) atoms. The van der Waals surface area contributed by atoms with Gasteiger partial charge in [-0.25, -0.2) is 4.90 Å². The third kappa shape index (κ3) is 2.14. The summed E-state index contributed by atoms with van der Waals surface area (Å²) in [6.45, 7) is -0.160. The van der Waals surface area contributed by atoms with Gasteiger partial charge in [0.2, 0.25) is 0 Å². The summed E-state index contributed by atoms with van der Waals surface area (Å²) in [6.07, 6.45) is 0. The molecule has 5 nitrogen and oxygen atoms in total. The van der Waals surface area contributed by atoms with Crippen molar-refractivity contribution in [3.8, 4) is 11.3 Å². The minimum absolute atomic E-state index is 0.160. The number of carbonyl (C=O) groups is 2. The van der Waals surface area contributed by atoms with Gasteiger partial charge >= 0.3 is 0 Å². The van der Waals surface area contributed by atoms with Crippen LogP contribution >= 0.6 is 0 Å². The minimum atomic E-state index is -0.316. The van der Waals surface area contributed by atoms with Crippen LogP contribution in [-0.4, -0.2) is 16.9 Å². The molecule has 1 aliphatic rings. The zero-order chi connectivity index (χ0) is 16.7. The van der Waals surface area contributed by atoms with Gasteiger partial charge in [-0.1, -0.05) is 12.1 Å². The molecule has 0 fully saturated rings. The Kier molecular flexibility index (Phi) is 3.29. The van der Waals surface area contributed by atoms with Crippen LogP contribution in [-0.2, 0) is 6.61 Å². The van der Waals surface area contributed by atoms with Gasteiger partial charge in [-0.3, -0.25) is 9.59 Å². The first-order valence-corrected chi connectivity index (χ1v) is 7.47. The van der Waals surface area contributed by atoms with Crippen molar-refractivity contribution in [2.45, 2.75) is 6.61 Å². The van der Waals surface area contributed by atoms with E-state index in [1.807, 2.05) is 0 Å². The van der Waals surface area contributed by atoms with Crippen LogP contribution < -0.4 is 4.90 Å². The topological polar surface area (TPSA) is 70.8 Å². The summed E-state index contributed by atoms with van der Waals surface area (Å²) in [6, 6.07) is 17.2. The Morgan fingerprint density at radius 1 is 0.833 bits per heavy atom. The maximum atomic E-state index is 12.5. The monoisotopic (exact) mass is 319 g/mol. The Hall–Kier alpha value is -3.18. The largest absolute Gasteiger partial charge is 0.459 e. The number of furan rings is 1. The van der Waals surface area contributed by atoms with E-state index in [1.54, 1.807) is 60.7 Å². The van der Waals surface area contributed by atoms with Gasteiger partial charge in [0.15, 0.2) is 0 Å². The van der Waals surface area contributed by atoms with E-state index in [-0.39, 0.29) is 18.4 Å². The average Bonchev–Trinajstić information content (AvgIpc) is 3.20. The number of carbonyl (C=O) groups excluding carboxylic acids is 2. The molecule has 2 amide bonds. The van der Waals surface area contributed by atoms with Crippen molar-refractivity contribution in [1.29, 1.82) is 0 Å². The highest BCUT2D eigenvalue weighted by molar-refractivity contribution is 6.34. The van der Waals surface area contributed by atoms with Gasteiger partial charge in [-0.05, 0) is 48.5 Å². The van der Waals surface area contributed by atoms with Crippen LogP contribution in [0.3, 0.4) is 0 Å². The van der Waals surface area contributed by atoms with Crippen molar-refractivity contribution in [2.75, 3.05) is 4.90 Å². The number of rotatable bonds is 3. The highest BCUT2D eigenvalue weighted by Gasteiger charge is 2.36. The standard InChI is InChI=1S/C19H13NO4/c21-11-14-9-10-17(24-14)12-5-7-13(8-6-12)20-18(22)15-3-1-2-4-16(15)19(20)23/h1-10,21H,11H2. The molecule has 118 valence electrons. The van der Waals surface area contributed by atoms with Crippen LogP contribution in [0, 0.1) is 0 Å². The molecule has 3 aromatic rings. The number of benzene rings is 2. The zero-order valence-electron chi connectivity index (χ0n) is 12.6. The van der Waals surface area contributed by atoms with Gasteiger partial charge in [-0.15, -0.1) is 0 Å². The number of anilines is 1. The van der Waals surface area contributed by atoms with E-state index in [0.717, 1.165) is 5.56 Å². The SMILES string of the molecule is O=C1c2ccccc2C(=O)N1c1ccc(-c2ccc(CO)o2)cc1. The first-order valence-electron chi connectivity index (χ1n) is 7.47. The molecule has 2 aromatic carbocycles. The second kappa shape index (κ2) is 5.47. The lowest BCUT2D eigenvalue weighted by Crippen LogP contribution is -2.29. The molecular weight excluding hydrogens is 306 g/mol. The number of imide groups is 1. The second-order valence-corrected chi connectivity index (χ2v) is 5.46. The van der Waals surface area contributed by atoms with Crippen LogP contribution in [0.25, 0.3) is 11.3 Å². The van der Waals surface area contributed by atoms with Gasteiger partial charge < -0.3 is 9.52 Å². The molecule has 0 bridgehead atoms. The average molecular weight is 319 g/mol. The number of fused-ring (bicyclic) bond motifs is 1. The van der Waals surface area contributed by atoms with E-state index in [0.29, 0.717) is 28.3 Å². The summed E-state index contributed by atoms with van der Waals surface area (Å²) >= 11 is 0. The Morgan fingerprint density at radius 2 is 1.46 bits per heavy atom. The number of amides is 2. The first kappa shape index (κ1) is 14.4. The fourth-order valence-corrected chi connectivity index (χ4v) is 2.82.